The highest BCUT2D eigenvalue weighted by Gasteiger charge is 2.13. The third-order valence-corrected chi connectivity index (χ3v) is 3.51. The Kier molecular flexibility index (Phi) is 3.86. The molecule has 3 nitrogen and oxygen atoms in total. The van der Waals surface area contributed by atoms with Crippen LogP contribution >= 0.6 is 0 Å². The largest absolute Gasteiger partial charge is 0.379 e. The lowest BCUT2D eigenvalue weighted by Crippen LogP contribution is -2.35. The van der Waals surface area contributed by atoms with Crippen LogP contribution in [0, 0.1) is 0 Å². The number of rotatable bonds is 3. The van der Waals surface area contributed by atoms with Gasteiger partial charge in [-0.2, -0.15) is 0 Å². The van der Waals surface area contributed by atoms with Gasteiger partial charge in [-0.15, -0.1) is 0 Å². The average Bonchev–Trinajstić information content (AvgIpc) is 2.50. The third kappa shape index (κ3) is 3.00. The zero-order valence-electron chi connectivity index (χ0n) is 11.0. The molecule has 0 aliphatic carbocycles. The van der Waals surface area contributed by atoms with E-state index in [2.05, 4.69) is 46.3 Å². The van der Waals surface area contributed by atoms with E-state index in [1.807, 2.05) is 12.4 Å². The second-order valence-corrected chi connectivity index (χ2v) is 4.78. The van der Waals surface area contributed by atoms with Crippen LogP contribution in [0.2, 0.25) is 0 Å². The van der Waals surface area contributed by atoms with E-state index in [-0.39, 0.29) is 0 Å². The number of hydrogen-bond donors (Lipinski definition) is 0. The molecule has 0 saturated carbocycles. The van der Waals surface area contributed by atoms with Crippen molar-refractivity contribution in [2.24, 2.45) is 0 Å². The second kappa shape index (κ2) is 5.95. The van der Waals surface area contributed by atoms with Crippen LogP contribution < -0.4 is 0 Å². The minimum atomic E-state index is 0.845. The van der Waals surface area contributed by atoms with Gasteiger partial charge in [0, 0.05) is 32.0 Å². The van der Waals surface area contributed by atoms with Crippen LogP contribution in [0.25, 0.3) is 11.1 Å². The SMILES string of the molecule is c1ccc(-c2ccncc2)c(CN2CCOCC2)c1. The Morgan fingerprint density at radius 2 is 1.74 bits per heavy atom. The first kappa shape index (κ1) is 12.3. The van der Waals surface area contributed by atoms with Crippen LogP contribution in [0.4, 0.5) is 0 Å². The monoisotopic (exact) mass is 254 g/mol. The van der Waals surface area contributed by atoms with Crippen molar-refractivity contribution in [3.8, 4) is 11.1 Å². The fraction of sp³-hybridized carbons (Fsp3) is 0.312. The second-order valence-electron chi connectivity index (χ2n) is 4.78. The lowest BCUT2D eigenvalue weighted by Gasteiger charge is -2.27. The van der Waals surface area contributed by atoms with E-state index in [9.17, 15) is 0 Å². The van der Waals surface area contributed by atoms with E-state index in [0.29, 0.717) is 0 Å². The normalized spacial score (nSPS) is 16.4. The lowest BCUT2D eigenvalue weighted by molar-refractivity contribution is 0.0342. The number of benzene rings is 1. The maximum atomic E-state index is 5.40. The number of morpholine rings is 1. The molecule has 0 spiro atoms. The number of pyridine rings is 1. The molecule has 0 bridgehead atoms. The standard InChI is InChI=1S/C16H18N2O/c1-2-4-16(14-5-7-17-8-6-14)15(3-1)13-18-9-11-19-12-10-18/h1-8H,9-13H2. The summed E-state index contributed by atoms with van der Waals surface area (Å²) in [5, 5.41) is 0. The highest BCUT2D eigenvalue weighted by atomic mass is 16.5. The van der Waals surface area contributed by atoms with Crippen molar-refractivity contribution < 1.29 is 4.74 Å². The van der Waals surface area contributed by atoms with Gasteiger partial charge in [-0.25, -0.2) is 0 Å². The molecule has 1 fully saturated rings. The Morgan fingerprint density at radius 1 is 1.00 bits per heavy atom. The van der Waals surface area contributed by atoms with Crippen LogP contribution in [0.1, 0.15) is 5.56 Å². The summed E-state index contributed by atoms with van der Waals surface area (Å²) in [6.07, 6.45) is 3.70. The summed E-state index contributed by atoms with van der Waals surface area (Å²) in [5.74, 6) is 0. The molecule has 0 atom stereocenters. The molecule has 98 valence electrons. The van der Waals surface area contributed by atoms with Crippen molar-refractivity contribution in [3.05, 3.63) is 54.4 Å². The summed E-state index contributed by atoms with van der Waals surface area (Å²) in [4.78, 5) is 6.54. The summed E-state index contributed by atoms with van der Waals surface area (Å²) in [5.41, 5.74) is 3.91. The van der Waals surface area contributed by atoms with Gasteiger partial charge in [-0.05, 0) is 28.8 Å². The molecule has 0 radical (unpaired) electrons. The molecule has 1 aromatic heterocycles. The smallest absolute Gasteiger partial charge is 0.0594 e. The summed E-state index contributed by atoms with van der Waals surface area (Å²) < 4.78 is 5.40. The van der Waals surface area contributed by atoms with Crippen molar-refractivity contribution in [2.75, 3.05) is 26.3 Å². The molecule has 3 rings (SSSR count). The van der Waals surface area contributed by atoms with Crippen LogP contribution in [-0.2, 0) is 11.3 Å². The molecule has 0 unspecified atom stereocenters. The van der Waals surface area contributed by atoms with E-state index >= 15 is 0 Å². The molecule has 1 aromatic carbocycles. The minimum absolute atomic E-state index is 0.845. The number of ether oxygens (including phenoxy) is 1. The first-order chi connectivity index (χ1) is 9.43. The molecule has 1 aliphatic rings. The van der Waals surface area contributed by atoms with Crippen LogP contribution in [0.5, 0.6) is 0 Å². The molecule has 2 heterocycles. The zero-order valence-corrected chi connectivity index (χ0v) is 11.0. The van der Waals surface area contributed by atoms with Crippen LogP contribution in [-0.4, -0.2) is 36.2 Å². The molecule has 3 heteroatoms. The molecule has 1 aliphatic heterocycles. The third-order valence-electron chi connectivity index (χ3n) is 3.51. The summed E-state index contributed by atoms with van der Waals surface area (Å²) >= 11 is 0. The molecular formula is C16H18N2O. The Hall–Kier alpha value is -1.71. The number of hydrogen-bond acceptors (Lipinski definition) is 3. The molecule has 0 N–H and O–H groups in total. The molecule has 0 amide bonds. The van der Waals surface area contributed by atoms with E-state index in [0.717, 1.165) is 32.8 Å². The fourth-order valence-corrected chi connectivity index (χ4v) is 2.47. The lowest BCUT2D eigenvalue weighted by atomic mass is 10.0. The number of nitrogens with zero attached hydrogens (tertiary/aromatic N) is 2. The van der Waals surface area contributed by atoms with Crippen molar-refractivity contribution in [2.45, 2.75) is 6.54 Å². The first-order valence-corrected chi connectivity index (χ1v) is 6.72. The maximum absolute atomic E-state index is 5.40. The summed E-state index contributed by atoms with van der Waals surface area (Å²) in [6.45, 7) is 4.71. The molecule has 1 saturated heterocycles. The van der Waals surface area contributed by atoms with Gasteiger partial charge < -0.3 is 4.74 Å². The van der Waals surface area contributed by atoms with Crippen LogP contribution in [0.15, 0.2) is 48.8 Å². The van der Waals surface area contributed by atoms with Crippen LogP contribution in [0.3, 0.4) is 0 Å². The van der Waals surface area contributed by atoms with Gasteiger partial charge in [-0.1, -0.05) is 24.3 Å². The summed E-state index contributed by atoms with van der Waals surface area (Å²) in [7, 11) is 0. The highest BCUT2D eigenvalue weighted by molar-refractivity contribution is 5.66. The zero-order chi connectivity index (χ0) is 12.9. The Balaban J connectivity index is 1.85. The molecular weight excluding hydrogens is 236 g/mol. The Morgan fingerprint density at radius 3 is 2.53 bits per heavy atom. The number of aromatic nitrogens is 1. The van der Waals surface area contributed by atoms with E-state index < -0.39 is 0 Å². The van der Waals surface area contributed by atoms with E-state index in [4.69, 9.17) is 4.74 Å². The first-order valence-electron chi connectivity index (χ1n) is 6.72. The van der Waals surface area contributed by atoms with Gasteiger partial charge in [0.2, 0.25) is 0 Å². The van der Waals surface area contributed by atoms with Gasteiger partial charge in [0.1, 0.15) is 0 Å². The topological polar surface area (TPSA) is 25.4 Å². The van der Waals surface area contributed by atoms with Crippen molar-refractivity contribution in [1.29, 1.82) is 0 Å². The van der Waals surface area contributed by atoms with Gasteiger partial charge >= 0.3 is 0 Å². The molecule has 2 aromatic rings. The van der Waals surface area contributed by atoms with Crippen molar-refractivity contribution >= 4 is 0 Å². The van der Waals surface area contributed by atoms with Crippen molar-refractivity contribution in [3.63, 3.8) is 0 Å². The van der Waals surface area contributed by atoms with E-state index in [1.54, 1.807) is 0 Å². The fourth-order valence-electron chi connectivity index (χ4n) is 2.47. The van der Waals surface area contributed by atoms with Gasteiger partial charge in [0.05, 0.1) is 13.2 Å². The maximum Gasteiger partial charge on any atom is 0.0594 e. The Labute approximate surface area is 113 Å². The van der Waals surface area contributed by atoms with Gasteiger partial charge in [-0.3, -0.25) is 9.88 Å². The minimum Gasteiger partial charge on any atom is -0.379 e. The van der Waals surface area contributed by atoms with E-state index in [1.165, 1.54) is 16.7 Å². The predicted molar refractivity (Wildman–Crippen MR) is 75.8 cm³/mol. The van der Waals surface area contributed by atoms with Gasteiger partial charge in [0.25, 0.3) is 0 Å². The predicted octanol–water partition coefficient (Wildman–Crippen LogP) is 2.58. The van der Waals surface area contributed by atoms with Crippen molar-refractivity contribution in [1.82, 2.24) is 9.88 Å². The average molecular weight is 254 g/mol. The molecule has 19 heavy (non-hydrogen) atoms. The Bertz CT molecular complexity index is 521. The summed E-state index contributed by atoms with van der Waals surface area (Å²) in [6, 6.07) is 12.7. The highest BCUT2D eigenvalue weighted by Crippen LogP contribution is 2.24. The van der Waals surface area contributed by atoms with Gasteiger partial charge in [0.15, 0.2) is 0 Å². The quantitative estimate of drug-likeness (QED) is 0.842.